The molecule has 3 unspecified atom stereocenters. The van der Waals surface area contributed by atoms with Gasteiger partial charge in [-0.2, -0.15) is 0 Å². The van der Waals surface area contributed by atoms with Gasteiger partial charge < -0.3 is 23.7 Å². The van der Waals surface area contributed by atoms with Crippen LogP contribution in [0.25, 0.3) is 0 Å². The smallest absolute Gasteiger partial charge is 0.204 e. The first-order chi connectivity index (χ1) is 8.18. The Morgan fingerprint density at radius 3 is 2.24 bits per heavy atom. The molecule has 0 aromatic heterocycles. The Hall–Kier alpha value is -0.530. The van der Waals surface area contributed by atoms with Crippen molar-refractivity contribution in [1.82, 2.24) is 0 Å². The fourth-order valence-corrected chi connectivity index (χ4v) is 2.60. The van der Waals surface area contributed by atoms with Crippen LogP contribution in [0.3, 0.4) is 0 Å². The van der Waals surface area contributed by atoms with Crippen LogP contribution in [0.2, 0.25) is 0 Å². The fourth-order valence-electron chi connectivity index (χ4n) is 2.60. The lowest BCUT2D eigenvalue weighted by atomic mass is 9.85. The lowest BCUT2D eigenvalue weighted by Gasteiger charge is -2.44. The van der Waals surface area contributed by atoms with Crippen LogP contribution < -0.4 is 0 Å². The Bertz CT molecular complexity index is 286. The summed E-state index contributed by atoms with van der Waals surface area (Å²) in [6.45, 7) is 0.919. The number of ether oxygens (including phenoxy) is 5. The monoisotopic (exact) mass is 246 g/mol. The molecule has 17 heavy (non-hydrogen) atoms. The average molecular weight is 246 g/mol. The van der Waals surface area contributed by atoms with Crippen molar-refractivity contribution in [2.75, 3.05) is 34.5 Å². The summed E-state index contributed by atoms with van der Waals surface area (Å²) in [7, 11) is 4.55. The molecule has 1 aliphatic heterocycles. The molecule has 2 fully saturated rings. The standard InChI is InChI=1S/C11H18O6/c1-13-8-7(12)6-11(16-4-5-17-11)10(15-3)9(8)14-2/h8-10H,4-6H2,1-3H3. The zero-order chi connectivity index (χ0) is 12.5. The molecule has 6 nitrogen and oxygen atoms in total. The van der Waals surface area contributed by atoms with Crippen molar-refractivity contribution in [3.63, 3.8) is 0 Å². The largest absolute Gasteiger partial charge is 0.375 e. The molecule has 6 heteroatoms. The lowest BCUT2D eigenvalue weighted by molar-refractivity contribution is -0.277. The van der Waals surface area contributed by atoms with Gasteiger partial charge in [-0.15, -0.1) is 0 Å². The van der Waals surface area contributed by atoms with Crippen molar-refractivity contribution in [2.45, 2.75) is 30.5 Å². The molecule has 98 valence electrons. The number of ketones is 1. The first kappa shape index (κ1) is 12.9. The van der Waals surface area contributed by atoms with Gasteiger partial charge >= 0.3 is 0 Å². The van der Waals surface area contributed by atoms with Gasteiger partial charge in [-0.1, -0.05) is 0 Å². The van der Waals surface area contributed by atoms with Crippen molar-refractivity contribution in [3.05, 3.63) is 0 Å². The molecule has 1 aliphatic carbocycles. The van der Waals surface area contributed by atoms with Crippen LogP contribution in [0.15, 0.2) is 0 Å². The van der Waals surface area contributed by atoms with Gasteiger partial charge in [0.25, 0.3) is 0 Å². The van der Waals surface area contributed by atoms with Crippen LogP contribution in [-0.2, 0) is 28.5 Å². The summed E-state index contributed by atoms with van der Waals surface area (Å²) in [5.74, 6) is -1.10. The zero-order valence-corrected chi connectivity index (χ0v) is 10.3. The van der Waals surface area contributed by atoms with E-state index in [0.717, 1.165) is 0 Å². The van der Waals surface area contributed by atoms with Crippen molar-refractivity contribution < 1.29 is 28.5 Å². The Morgan fingerprint density at radius 1 is 1.12 bits per heavy atom. The number of hydrogen-bond acceptors (Lipinski definition) is 6. The molecule has 1 saturated heterocycles. The van der Waals surface area contributed by atoms with E-state index < -0.39 is 24.1 Å². The van der Waals surface area contributed by atoms with E-state index in [1.165, 1.54) is 14.2 Å². The second-order valence-corrected chi connectivity index (χ2v) is 4.16. The Balaban J connectivity index is 2.28. The average Bonchev–Trinajstić information content (AvgIpc) is 2.77. The molecule has 0 N–H and O–H groups in total. The predicted molar refractivity (Wildman–Crippen MR) is 56.7 cm³/mol. The summed E-state index contributed by atoms with van der Waals surface area (Å²) in [6.07, 6.45) is -1.51. The summed E-state index contributed by atoms with van der Waals surface area (Å²) < 4.78 is 27.1. The second-order valence-electron chi connectivity index (χ2n) is 4.16. The van der Waals surface area contributed by atoms with Crippen molar-refractivity contribution in [3.8, 4) is 0 Å². The third-order valence-corrected chi connectivity index (χ3v) is 3.32. The highest BCUT2D eigenvalue weighted by Gasteiger charge is 2.58. The molecule has 0 aromatic rings. The summed E-state index contributed by atoms with van der Waals surface area (Å²) in [5, 5.41) is 0. The van der Waals surface area contributed by atoms with Gasteiger partial charge in [0.05, 0.1) is 19.6 Å². The molecule has 0 bridgehead atoms. The van der Waals surface area contributed by atoms with Crippen molar-refractivity contribution in [1.29, 1.82) is 0 Å². The number of methoxy groups -OCH3 is 3. The normalized spacial score (nSPS) is 36.6. The van der Waals surface area contributed by atoms with Crippen LogP contribution in [0.5, 0.6) is 0 Å². The summed E-state index contributed by atoms with van der Waals surface area (Å²) in [6, 6.07) is 0. The SMILES string of the molecule is COC1C(=O)CC2(OCCO2)C(OC)C1OC. The van der Waals surface area contributed by atoms with E-state index in [0.29, 0.717) is 13.2 Å². The van der Waals surface area contributed by atoms with Gasteiger partial charge in [0, 0.05) is 21.3 Å². The number of carbonyl (C=O) groups is 1. The molecule has 0 amide bonds. The zero-order valence-electron chi connectivity index (χ0n) is 10.3. The van der Waals surface area contributed by atoms with Crippen molar-refractivity contribution >= 4 is 5.78 Å². The lowest BCUT2D eigenvalue weighted by Crippen LogP contribution is -2.63. The minimum absolute atomic E-state index is 0.0884. The fraction of sp³-hybridized carbons (Fsp3) is 0.909. The highest BCUT2D eigenvalue weighted by molar-refractivity contribution is 5.86. The molecule has 2 rings (SSSR count). The van der Waals surface area contributed by atoms with Gasteiger partial charge in [0.15, 0.2) is 5.78 Å². The summed E-state index contributed by atoms with van der Waals surface area (Å²) in [5.41, 5.74) is 0. The number of rotatable bonds is 3. The highest BCUT2D eigenvalue weighted by atomic mass is 16.8. The van der Waals surface area contributed by atoms with Gasteiger partial charge in [0.1, 0.15) is 18.3 Å². The summed E-state index contributed by atoms with van der Waals surface area (Å²) >= 11 is 0. The van der Waals surface area contributed by atoms with E-state index in [1.54, 1.807) is 7.11 Å². The molecule has 1 spiro atoms. The Kier molecular flexibility index (Phi) is 3.79. The first-order valence-electron chi connectivity index (χ1n) is 5.57. The van der Waals surface area contributed by atoms with Gasteiger partial charge in [-0.3, -0.25) is 4.79 Å². The Morgan fingerprint density at radius 2 is 1.76 bits per heavy atom. The van der Waals surface area contributed by atoms with Gasteiger partial charge in [-0.25, -0.2) is 0 Å². The predicted octanol–water partition coefficient (Wildman–Crippen LogP) is -0.253. The molecule has 0 radical (unpaired) electrons. The quantitative estimate of drug-likeness (QED) is 0.684. The van der Waals surface area contributed by atoms with E-state index in [1.807, 2.05) is 0 Å². The van der Waals surface area contributed by atoms with E-state index >= 15 is 0 Å². The molecule has 0 aromatic carbocycles. The molecule has 1 heterocycles. The minimum Gasteiger partial charge on any atom is -0.375 e. The maximum atomic E-state index is 12.0. The van der Waals surface area contributed by atoms with Crippen LogP contribution in [0.4, 0.5) is 0 Å². The van der Waals surface area contributed by atoms with Crippen LogP contribution >= 0.6 is 0 Å². The maximum Gasteiger partial charge on any atom is 0.204 e. The minimum atomic E-state index is -1.01. The third-order valence-electron chi connectivity index (χ3n) is 3.32. The maximum absolute atomic E-state index is 12.0. The van der Waals surface area contributed by atoms with E-state index in [-0.39, 0.29) is 12.2 Å². The Labute approximate surface area is 100 Å². The molecule has 3 atom stereocenters. The van der Waals surface area contributed by atoms with E-state index in [2.05, 4.69) is 0 Å². The van der Waals surface area contributed by atoms with Crippen LogP contribution in [0, 0.1) is 0 Å². The number of hydrogen-bond donors (Lipinski definition) is 0. The van der Waals surface area contributed by atoms with E-state index in [9.17, 15) is 4.79 Å². The second kappa shape index (κ2) is 4.99. The molecule has 2 aliphatic rings. The van der Waals surface area contributed by atoms with Crippen molar-refractivity contribution in [2.24, 2.45) is 0 Å². The van der Waals surface area contributed by atoms with Gasteiger partial charge in [-0.05, 0) is 0 Å². The molecular weight excluding hydrogens is 228 g/mol. The van der Waals surface area contributed by atoms with E-state index in [4.69, 9.17) is 23.7 Å². The number of carbonyl (C=O) groups excluding carboxylic acids is 1. The number of Topliss-reactive ketones (excluding diaryl/α,β-unsaturated/α-hetero) is 1. The van der Waals surface area contributed by atoms with Crippen LogP contribution in [0.1, 0.15) is 6.42 Å². The molecule has 1 saturated carbocycles. The summed E-state index contributed by atoms with van der Waals surface area (Å²) in [4.78, 5) is 12.0. The van der Waals surface area contributed by atoms with Crippen LogP contribution in [-0.4, -0.2) is 64.4 Å². The third kappa shape index (κ3) is 2.00. The highest BCUT2D eigenvalue weighted by Crippen LogP contribution is 2.38. The van der Waals surface area contributed by atoms with Gasteiger partial charge in [0.2, 0.25) is 5.79 Å². The first-order valence-corrected chi connectivity index (χ1v) is 5.57. The molecular formula is C11H18O6. The topological polar surface area (TPSA) is 63.2 Å².